The van der Waals surface area contributed by atoms with Crippen molar-refractivity contribution >= 4 is 11.6 Å². The molecule has 19 heavy (non-hydrogen) atoms. The number of hydrogen-bond acceptors (Lipinski definition) is 2. The molecule has 0 fully saturated rings. The molecule has 5 heteroatoms. The van der Waals surface area contributed by atoms with Gasteiger partial charge in [0, 0.05) is 16.7 Å². The third-order valence-electron chi connectivity index (χ3n) is 2.51. The van der Waals surface area contributed by atoms with Crippen molar-refractivity contribution in [1.29, 1.82) is 0 Å². The van der Waals surface area contributed by atoms with Crippen molar-refractivity contribution in [2.24, 2.45) is 0 Å². The van der Waals surface area contributed by atoms with Gasteiger partial charge in [0.05, 0.1) is 6.61 Å². The van der Waals surface area contributed by atoms with E-state index in [-0.39, 0.29) is 13.2 Å². The van der Waals surface area contributed by atoms with Gasteiger partial charge in [-0.1, -0.05) is 11.6 Å². The number of ether oxygens (including phenoxy) is 1. The van der Waals surface area contributed by atoms with Crippen LogP contribution in [-0.2, 0) is 13.2 Å². The van der Waals surface area contributed by atoms with E-state index in [9.17, 15) is 8.78 Å². The summed E-state index contributed by atoms with van der Waals surface area (Å²) in [5.74, 6) is -0.884. The van der Waals surface area contributed by atoms with Crippen LogP contribution in [0.25, 0.3) is 0 Å². The summed E-state index contributed by atoms with van der Waals surface area (Å²) in [6.07, 6.45) is 0. The van der Waals surface area contributed by atoms with Gasteiger partial charge in [-0.2, -0.15) is 0 Å². The van der Waals surface area contributed by atoms with E-state index < -0.39 is 11.6 Å². The summed E-state index contributed by atoms with van der Waals surface area (Å²) >= 11 is 5.79. The van der Waals surface area contributed by atoms with Crippen LogP contribution < -0.4 is 4.74 Å². The number of aliphatic hydroxyl groups is 1. The lowest BCUT2D eigenvalue weighted by molar-refractivity contribution is 0.258. The van der Waals surface area contributed by atoms with Crippen molar-refractivity contribution in [2.75, 3.05) is 0 Å². The number of benzene rings is 2. The smallest absolute Gasteiger partial charge is 0.126 e. The Morgan fingerprint density at radius 2 is 1.74 bits per heavy atom. The van der Waals surface area contributed by atoms with Gasteiger partial charge in [-0.3, -0.25) is 0 Å². The summed E-state index contributed by atoms with van der Waals surface area (Å²) in [5.41, 5.74) is 0.890. The fraction of sp³-hybridized carbons (Fsp3) is 0.143. The SMILES string of the molecule is OCc1cc(Cl)ccc1OCc1cc(F)cc(F)c1. The maximum absolute atomic E-state index is 13.0. The highest BCUT2D eigenvalue weighted by Crippen LogP contribution is 2.24. The topological polar surface area (TPSA) is 29.5 Å². The van der Waals surface area contributed by atoms with Crippen LogP contribution in [0.1, 0.15) is 11.1 Å². The van der Waals surface area contributed by atoms with Gasteiger partial charge in [0.15, 0.2) is 0 Å². The summed E-state index contributed by atoms with van der Waals surface area (Å²) in [7, 11) is 0. The Hall–Kier alpha value is -1.65. The van der Waals surface area contributed by atoms with Gasteiger partial charge in [0.1, 0.15) is 24.0 Å². The highest BCUT2D eigenvalue weighted by atomic mass is 35.5. The van der Waals surface area contributed by atoms with Gasteiger partial charge in [-0.05, 0) is 35.9 Å². The van der Waals surface area contributed by atoms with Crippen LogP contribution in [-0.4, -0.2) is 5.11 Å². The van der Waals surface area contributed by atoms with Crippen LogP contribution >= 0.6 is 11.6 Å². The predicted octanol–water partition coefficient (Wildman–Crippen LogP) is 3.69. The summed E-state index contributed by atoms with van der Waals surface area (Å²) in [6, 6.07) is 7.97. The Bertz CT molecular complexity index is 567. The van der Waals surface area contributed by atoms with Crippen LogP contribution in [0.4, 0.5) is 8.78 Å². The second-order valence-corrected chi connectivity index (χ2v) is 4.41. The minimum Gasteiger partial charge on any atom is -0.489 e. The minimum atomic E-state index is -0.655. The van der Waals surface area contributed by atoms with Crippen molar-refractivity contribution < 1.29 is 18.6 Å². The molecule has 0 unspecified atom stereocenters. The minimum absolute atomic E-state index is 0.00329. The van der Waals surface area contributed by atoms with Gasteiger partial charge in [0.25, 0.3) is 0 Å². The van der Waals surface area contributed by atoms with E-state index in [1.165, 1.54) is 12.1 Å². The maximum atomic E-state index is 13.0. The zero-order valence-corrected chi connectivity index (χ0v) is 10.6. The van der Waals surface area contributed by atoms with Crippen LogP contribution in [0.5, 0.6) is 5.75 Å². The van der Waals surface area contributed by atoms with E-state index in [2.05, 4.69) is 0 Å². The quantitative estimate of drug-likeness (QED) is 0.928. The first-order valence-corrected chi connectivity index (χ1v) is 5.93. The number of rotatable bonds is 4. The van der Waals surface area contributed by atoms with Crippen LogP contribution in [0.3, 0.4) is 0 Å². The number of hydrogen-bond donors (Lipinski definition) is 1. The van der Waals surface area contributed by atoms with Crippen LogP contribution in [0.2, 0.25) is 5.02 Å². The van der Waals surface area contributed by atoms with E-state index >= 15 is 0 Å². The lowest BCUT2D eigenvalue weighted by Crippen LogP contribution is -2.00. The monoisotopic (exact) mass is 284 g/mol. The molecule has 1 N–H and O–H groups in total. The molecule has 0 radical (unpaired) electrons. The second-order valence-electron chi connectivity index (χ2n) is 3.98. The molecule has 0 aliphatic heterocycles. The number of aliphatic hydroxyl groups excluding tert-OH is 1. The molecule has 2 nitrogen and oxygen atoms in total. The Kier molecular flexibility index (Phi) is 4.35. The van der Waals surface area contributed by atoms with Crippen LogP contribution in [0.15, 0.2) is 36.4 Å². The lowest BCUT2D eigenvalue weighted by Gasteiger charge is -2.10. The van der Waals surface area contributed by atoms with E-state index in [1.54, 1.807) is 18.2 Å². The molecule has 0 heterocycles. The molecule has 0 saturated heterocycles. The average molecular weight is 285 g/mol. The maximum Gasteiger partial charge on any atom is 0.126 e. The van der Waals surface area contributed by atoms with Crippen LogP contribution in [0, 0.1) is 11.6 Å². The van der Waals surface area contributed by atoms with E-state index in [4.69, 9.17) is 21.4 Å². The molecular formula is C14H11ClF2O2. The van der Waals surface area contributed by atoms with Crippen molar-refractivity contribution in [2.45, 2.75) is 13.2 Å². The number of halogens is 3. The standard InChI is InChI=1S/C14H11ClF2O2/c15-11-1-2-14(10(5-11)7-18)19-8-9-3-12(16)6-13(17)4-9/h1-6,18H,7-8H2. The van der Waals surface area contributed by atoms with Crippen molar-refractivity contribution in [3.05, 3.63) is 64.2 Å². The first kappa shape index (κ1) is 13.8. The summed E-state index contributed by atoms with van der Waals surface area (Å²) in [5, 5.41) is 9.65. The third kappa shape index (κ3) is 3.66. The van der Waals surface area contributed by atoms with E-state index in [0.29, 0.717) is 21.9 Å². The molecule has 0 aliphatic rings. The molecular weight excluding hydrogens is 274 g/mol. The summed E-state index contributed by atoms with van der Waals surface area (Å²) in [6.45, 7) is -0.225. The fourth-order valence-corrected chi connectivity index (χ4v) is 1.86. The summed E-state index contributed by atoms with van der Waals surface area (Å²) in [4.78, 5) is 0. The van der Waals surface area contributed by atoms with Gasteiger partial charge in [-0.15, -0.1) is 0 Å². The fourth-order valence-electron chi connectivity index (χ4n) is 1.67. The molecule has 2 aromatic rings. The Balaban J connectivity index is 2.14. The van der Waals surface area contributed by atoms with E-state index in [0.717, 1.165) is 6.07 Å². The largest absolute Gasteiger partial charge is 0.489 e. The molecule has 0 atom stereocenters. The molecule has 0 spiro atoms. The molecule has 2 rings (SSSR count). The third-order valence-corrected chi connectivity index (χ3v) is 2.74. The average Bonchev–Trinajstić information content (AvgIpc) is 2.36. The zero-order valence-electron chi connectivity index (χ0n) is 9.87. The van der Waals surface area contributed by atoms with Gasteiger partial charge < -0.3 is 9.84 Å². The van der Waals surface area contributed by atoms with Crippen molar-refractivity contribution in [3.8, 4) is 5.75 Å². The van der Waals surface area contributed by atoms with E-state index in [1.807, 2.05) is 0 Å². The highest BCUT2D eigenvalue weighted by molar-refractivity contribution is 6.30. The highest BCUT2D eigenvalue weighted by Gasteiger charge is 2.06. The molecule has 0 amide bonds. The normalized spacial score (nSPS) is 10.5. The second kappa shape index (κ2) is 5.99. The molecule has 0 saturated carbocycles. The molecule has 0 aromatic heterocycles. The van der Waals surface area contributed by atoms with Crippen molar-refractivity contribution in [3.63, 3.8) is 0 Å². The van der Waals surface area contributed by atoms with Gasteiger partial charge >= 0.3 is 0 Å². The van der Waals surface area contributed by atoms with Crippen molar-refractivity contribution in [1.82, 2.24) is 0 Å². The molecule has 2 aromatic carbocycles. The lowest BCUT2D eigenvalue weighted by atomic mass is 10.2. The first-order valence-electron chi connectivity index (χ1n) is 5.55. The first-order chi connectivity index (χ1) is 9.08. The Labute approximate surface area is 114 Å². The predicted molar refractivity (Wildman–Crippen MR) is 68.1 cm³/mol. The Morgan fingerprint density at radius 1 is 1.05 bits per heavy atom. The van der Waals surface area contributed by atoms with Gasteiger partial charge in [-0.25, -0.2) is 8.78 Å². The van der Waals surface area contributed by atoms with Gasteiger partial charge in [0.2, 0.25) is 0 Å². The zero-order chi connectivity index (χ0) is 13.8. The molecule has 0 aliphatic carbocycles. The Morgan fingerprint density at radius 3 is 2.37 bits per heavy atom. The summed E-state index contributed by atoms with van der Waals surface area (Å²) < 4.78 is 31.4. The molecule has 0 bridgehead atoms. The molecule has 100 valence electrons.